The second-order valence-electron chi connectivity index (χ2n) is 2.82. The van der Waals surface area contributed by atoms with Crippen LogP contribution < -0.4 is 5.73 Å². The molecule has 0 heterocycles. The molecule has 0 saturated carbocycles. The standard InChI is InChI=1S/C9H13N/c1-7-4-3-5-9(6-7)8(2)10/h3-6,8H,10H2,1-2H3/p+1. The van der Waals surface area contributed by atoms with Crippen LogP contribution in [0.4, 0.5) is 0 Å². The van der Waals surface area contributed by atoms with E-state index in [1.165, 1.54) is 11.1 Å². The topological polar surface area (TPSA) is 27.6 Å². The van der Waals surface area contributed by atoms with E-state index in [9.17, 15) is 0 Å². The summed E-state index contributed by atoms with van der Waals surface area (Å²) >= 11 is 0. The summed E-state index contributed by atoms with van der Waals surface area (Å²) < 4.78 is 0. The monoisotopic (exact) mass is 136 g/mol. The van der Waals surface area contributed by atoms with Crippen molar-refractivity contribution in [3.8, 4) is 0 Å². The van der Waals surface area contributed by atoms with E-state index in [4.69, 9.17) is 0 Å². The molecule has 0 aliphatic heterocycles. The summed E-state index contributed by atoms with van der Waals surface area (Å²) in [5.74, 6) is 0. The Morgan fingerprint density at radius 1 is 1.40 bits per heavy atom. The summed E-state index contributed by atoms with van der Waals surface area (Å²) in [5.41, 5.74) is 6.58. The van der Waals surface area contributed by atoms with Crippen LogP contribution in [0.25, 0.3) is 0 Å². The van der Waals surface area contributed by atoms with E-state index in [1.807, 2.05) is 0 Å². The molecule has 10 heavy (non-hydrogen) atoms. The molecule has 0 amide bonds. The maximum atomic E-state index is 3.95. The number of hydrogen-bond donors (Lipinski definition) is 1. The molecule has 0 spiro atoms. The lowest BCUT2D eigenvalue weighted by Gasteiger charge is -2.01. The van der Waals surface area contributed by atoms with Gasteiger partial charge in [0, 0.05) is 5.56 Å². The van der Waals surface area contributed by atoms with Crippen molar-refractivity contribution in [3.63, 3.8) is 0 Å². The van der Waals surface area contributed by atoms with E-state index < -0.39 is 0 Å². The number of aryl methyl sites for hydroxylation is 1. The molecule has 54 valence electrons. The second-order valence-corrected chi connectivity index (χ2v) is 2.82. The van der Waals surface area contributed by atoms with Crippen molar-refractivity contribution in [1.29, 1.82) is 0 Å². The number of quaternary nitrogens is 1. The van der Waals surface area contributed by atoms with Crippen LogP contribution in [0.1, 0.15) is 24.1 Å². The summed E-state index contributed by atoms with van der Waals surface area (Å²) in [5, 5.41) is 0. The maximum absolute atomic E-state index is 3.95. The highest BCUT2D eigenvalue weighted by Crippen LogP contribution is 2.08. The Morgan fingerprint density at radius 3 is 2.50 bits per heavy atom. The zero-order valence-corrected chi connectivity index (χ0v) is 6.59. The summed E-state index contributed by atoms with van der Waals surface area (Å²) in [7, 11) is 0. The molecule has 0 fully saturated rings. The lowest BCUT2D eigenvalue weighted by molar-refractivity contribution is -0.420. The lowest BCUT2D eigenvalue weighted by atomic mass is 10.1. The summed E-state index contributed by atoms with van der Waals surface area (Å²) in [6, 6.07) is 8.88. The van der Waals surface area contributed by atoms with Crippen LogP contribution in [-0.2, 0) is 0 Å². The molecular weight excluding hydrogens is 122 g/mol. The van der Waals surface area contributed by atoms with Crippen LogP contribution in [0.2, 0.25) is 0 Å². The van der Waals surface area contributed by atoms with Crippen molar-refractivity contribution in [3.05, 3.63) is 35.4 Å². The first kappa shape index (κ1) is 7.29. The SMILES string of the molecule is Cc1cccc(C(C)[NH3+])c1. The zero-order chi connectivity index (χ0) is 7.56. The number of hydrogen-bond acceptors (Lipinski definition) is 0. The van der Waals surface area contributed by atoms with Crippen LogP contribution in [0, 0.1) is 6.92 Å². The van der Waals surface area contributed by atoms with Gasteiger partial charge in [0.05, 0.1) is 0 Å². The van der Waals surface area contributed by atoms with E-state index in [2.05, 4.69) is 43.8 Å². The molecule has 0 aromatic heterocycles. The molecule has 1 unspecified atom stereocenters. The minimum absolute atomic E-state index is 0.403. The summed E-state index contributed by atoms with van der Waals surface area (Å²) in [6.45, 7) is 4.21. The van der Waals surface area contributed by atoms with E-state index in [0.717, 1.165) is 0 Å². The first-order valence-corrected chi connectivity index (χ1v) is 3.60. The third-order valence-corrected chi connectivity index (χ3v) is 1.61. The van der Waals surface area contributed by atoms with Crippen LogP contribution in [0.15, 0.2) is 24.3 Å². The fraction of sp³-hybridized carbons (Fsp3) is 0.333. The summed E-state index contributed by atoms with van der Waals surface area (Å²) in [6.07, 6.45) is 0. The van der Waals surface area contributed by atoms with Crippen molar-refractivity contribution in [2.45, 2.75) is 19.9 Å². The highest BCUT2D eigenvalue weighted by Gasteiger charge is 1.99. The Bertz CT molecular complexity index is 216. The average molecular weight is 136 g/mol. The Morgan fingerprint density at radius 2 is 2.10 bits per heavy atom. The van der Waals surface area contributed by atoms with E-state index in [-0.39, 0.29) is 0 Å². The van der Waals surface area contributed by atoms with Gasteiger partial charge >= 0.3 is 0 Å². The van der Waals surface area contributed by atoms with Gasteiger partial charge in [-0.15, -0.1) is 0 Å². The predicted molar refractivity (Wildman–Crippen MR) is 42.5 cm³/mol. The van der Waals surface area contributed by atoms with Gasteiger partial charge in [0.1, 0.15) is 6.04 Å². The fourth-order valence-electron chi connectivity index (χ4n) is 0.977. The quantitative estimate of drug-likeness (QED) is 0.602. The number of benzene rings is 1. The molecule has 3 N–H and O–H groups in total. The van der Waals surface area contributed by atoms with E-state index in [1.54, 1.807) is 0 Å². The van der Waals surface area contributed by atoms with Gasteiger partial charge in [0.25, 0.3) is 0 Å². The highest BCUT2D eigenvalue weighted by molar-refractivity contribution is 5.23. The van der Waals surface area contributed by atoms with Gasteiger partial charge in [0.15, 0.2) is 0 Å². The molecule has 1 nitrogen and oxygen atoms in total. The van der Waals surface area contributed by atoms with Crippen molar-refractivity contribution >= 4 is 0 Å². The Kier molecular flexibility index (Phi) is 2.07. The molecule has 0 aliphatic rings. The first-order chi connectivity index (χ1) is 4.70. The first-order valence-electron chi connectivity index (χ1n) is 3.60. The highest BCUT2D eigenvalue weighted by atomic mass is 14.6. The van der Waals surface area contributed by atoms with E-state index >= 15 is 0 Å². The largest absolute Gasteiger partial charge is 0.352 e. The molecule has 1 rings (SSSR count). The van der Waals surface area contributed by atoms with Crippen LogP contribution in [-0.4, -0.2) is 0 Å². The predicted octanol–water partition coefficient (Wildman–Crippen LogP) is 1.30. The van der Waals surface area contributed by atoms with Crippen LogP contribution in [0.3, 0.4) is 0 Å². The van der Waals surface area contributed by atoms with Crippen LogP contribution >= 0.6 is 0 Å². The molecule has 0 aliphatic carbocycles. The molecule has 1 atom stereocenters. The molecule has 0 bridgehead atoms. The summed E-state index contributed by atoms with van der Waals surface area (Å²) in [4.78, 5) is 0. The van der Waals surface area contributed by atoms with Gasteiger partial charge in [-0.1, -0.05) is 29.8 Å². The fourth-order valence-corrected chi connectivity index (χ4v) is 0.977. The van der Waals surface area contributed by atoms with Gasteiger partial charge in [0.2, 0.25) is 0 Å². The third kappa shape index (κ3) is 1.58. The molecular formula is C9H14N+. The average Bonchev–Trinajstić information content (AvgIpc) is 1.88. The molecule has 0 radical (unpaired) electrons. The maximum Gasteiger partial charge on any atom is 0.107 e. The Balaban J connectivity index is 2.96. The zero-order valence-electron chi connectivity index (χ0n) is 6.59. The van der Waals surface area contributed by atoms with Crippen molar-refractivity contribution < 1.29 is 5.73 Å². The van der Waals surface area contributed by atoms with Crippen LogP contribution in [0.5, 0.6) is 0 Å². The lowest BCUT2D eigenvalue weighted by Crippen LogP contribution is -2.51. The minimum atomic E-state index is 0.403. The number of rotatable bonds is 1. The normalized spacial score (nSPS) is 13.1. The molecule has 1 aromatic rings. The smallest absolute Gasteiger partial charge is 0.107 e. The van der Waals surface area contributed by atoms with Gasteiger partial charge < -0.3 is 5.73 Å². The van der Waals surface area contributed by atoms with Gasteiger partial charge in [-0.05, 0) is 13.8 Å². The third-order valence-electron chi connectivity index (χ3n) is 1.61. The minimum Gasteiger partial charge on any atom is -0.352 e. The van der Waals surface area contributed by atoms with Crippen molar-refractivity contribution in [2.75, 3.05) is 0 Å². The van der Waals surface area contributed by atoms with Gasteiger partial charge in [-0.25, -0.2) is 0 Å². The molecule has 1 heteroatoms. The van der Waals surface area contributed by atoms with Gasteiger partial charge in [-0.3, -0.25) is 0 Å². The molecule has 1 aromatic carbocycles. The van der Waals surface area contributed by atoms with E-state index in [0.29, 0.717) is 6.04 Å². The molecule has 0 saturated heterocycles. The van der Waals surface area contributed by atoms with Crippen molar-refractivity contribution in [1.82, 2.24) is 0 Å². The second kappa shape index (κ2) is 2.84. The van der Waals surface area contributed by atoms with Gasteiger partial charge in [-0.2, -0.15) is 0 Å². The Labute approximate surface area is 61.9 Å². The Hall–Kier alpha value is -0.820. The van der Waals surface area contributed by atoms with Crippen molar-refractivity contribution in [2.24, 2.45) is 0 Å².